The Morgan fingerprint density at radius 2 is 1.70 bits per heavy atom. The summed E-state index contributed by atoms with van der Waals surface area (Å²) in [7, 11) is 0. The van der Waals surface area contributed by atoms with E-state index in [0.717, 1.165) is 0 Å². The van der Waals surface area contributed by atoms with Gasteiger partial charge in [-0.05, 0) is 31.7 Å². The van der Waals surface area contributed by atoms with E-state index in [9.17, 15) is 0 Å². The van der Waals surface area contributed by atoms with Crippen molar-refractivity contribution in [3.63, 3.8) is 0 Å². The third-order valence-corrected chi connectivity index (χ3v) is 5.72. The van der Waals surface area contributed by atoms with Gasteiger partial charge in [0.25, 0.3) is 0 Å². The van der Waals surface area contributed by atoms with Gasteiger partial charge in [0.1, 0.15) is 5.15 Å². The van der Waals surface area contributed by atoms with Crippen LogP contribution in [-0.2, 0) is 31.8 Å². The molecule has 0 bridgehead atoms. The Hall–Kier alpha value is 0.550. The fraction of sp³-hybridized carbons (Fsp3) is 0.545. The lowest BCUT2D eigenvalue weighted by atomic mass is 10.3. The summed E-state index contributed by atoms with van der Waals surface area (Å²) in [6.45, 7) is 2.13. The SMILES string of the molecule is CCOP(=S)(OCC)OCCc1nc(Cl)c(Cl)cc1Cl. The molecule has 0 amide bonds. The Balaban J connectivity index is 2.63. The third-order valence-electron chi connectivity index (χ3n) is 2.12. The van der Waals surface area contributed by atoms with Crippen molar-refractivity contribution in [3.8, 4) is 0 Å². The maximum Gasteiger partial charge on any atom is 0.327 e. The number of hydrogen-bond acceptors (Lipinski definition) is 5. The van der Waals surface area contributed by atoms with Crippen LogP contribution in [-0.4, -0.2) is 24.8 Å². The molecule has 0 spiro atoms. The normalized spacial score (nSPS) is 11.8. The summed E-state index contributed by atoms with van der Waals surface area (Å²) in [5.41, 5.74) is 0.593. The first-order chi connectivity index (χ1) is 9.41. The smallest absolute Gasteiger partial charge is 0.309 e. The molecule has 0 aliphatic carbocycles. The van der Waals surface area contributed by atoms with Crippen LogP contribution in [0.3, 0.4) is 0 Å². The quantitative estimate of drug-likeness (QED) is 0.475. The van der Waals surface area contributed by atoms with Gasteiger partial charge in [0, 0.05) is 6.42 Å². The van der Waals surface area contributed by atoms with Crippen LogP contribution >= 0.6 is 41.5 Å². The molecule has 1 heterocycles. The molecule has 0 saturated carbocycles. The van der Waals surface area contributed by atoms with E-state index >= 15 is 0 Å². The van der Waals surface area contributed by atoms with Gasteiger partial charge in [-0.2, -0.15) is 0 Å². The van der Waals surface area contributed by atoms with Gasteiger partial charge in [0.2, 0.25) is 0 Å². The number of hydrogen-bond donors (Lipinski definition) is 0. The van der Waals surface area contributed by atoms with Crippen LogP contribution in [0.25, 0.3) is 0 Å². The summed E-state index contributed by atoms with van der Waals surface area (Å²) in [6.07, 6.45) is 0.439. The predicted octanol–water partition coefficient (Wildman–Crippen LogP) is 4.90. The van der Waals surface area contributed by atoms with Crippen molar-refractivity contribution in [1.82, 2.24) is 4.98 Å². The van der Waals surface area contributed by atoms with E-state index in [2.05, 4.69) is 4.98 Å². The average Bonchev–Trinajstić information content (AvgIpc) is 2.36. The van der Waals surface area contributed by atoms with Crippen molar-refractivity contribution in [1.29, 1.82) is 0 Å². The van der Waals surface area contributed by atoms with Crippen molar-refractivity contribution in [2.24, 2.45) is 0 Å². The zero-order valence-corrected chi connectivity index (χ0v) is 15.0. The number of aromatic nitrogens is 1. The summed E-state index contributed by atoms with van der Waals surface area (Å²) in [4.78, 5) is 4.10. The first kappa shape index (κ1) is 18.6. The number of pyridine rings is 1. The lowest BCUT2D eigenvalue weighted by molar-refractivity contribution is 0.168. The minimum Gasteiger partial charge on any atom is -0.309 e. The summed E-state index contributed by atoms with van der Waals surface area (Å²) in [5.74, 6) is 0. The standard InChI is InChI=1S/C11H15Cl3NO3PS/c1-3-16-19(20,17-4-2)18-6-5-10-8(12)7-9(13)11(14)15-10/h7H,3-6H2,1-2H3. The summed E-state index contributed by atoms with van der Waals surface area (Å²) < 4.78 is 16.3. The average molecular weight is 379 g/mol. The maximum atomic E-state index is 6.03. The molecule has 0 atom stereocenters. The molecule has 20 heavy (non-hydrogen) atoms. The minimum atomic E-state index is -2.69. The fourth-order valence-corrected chi connectivity index (χ4v) is 3.97. The monoisotopic (exact) mass is 377 g/mol. The van der Waals surface area contributed by atoms with Gasteiger partial charge in [-0.25, -0.2) is 4.98 Å². The van der Waals surface area contributed by atoms with Crippen molar-refractivity contribution in [2.45, 2.75) is 20.3 Å². The highest BCUT2D eigenvalue weighted by atomic mass is 35.5. The summed E-state index contributed by atoms with van der Waals surface area (Å²) >= 11 is 22.9. The summed E-state index contributed by atoms with van der Waals surface area (Å²) in [6, 6.07) is 1.55. The number of halogens is 3. The molecule has 1 aromatic rings. The van der Waals surface area contributed by atoms with Crippen molar-refractivity contribution in [2.75, 3.05) is 19.8 Å². The van der Waals surface area contributed by atoms with E-state index in [0.29, 0.717) is 35.4 Å². The van der Waals surface area contributed by atoms with E-state index in [1.54, 1.807) is 6.07 Å². The Morgan fingerprint density at radius 1 is 1.10 bits per heavy atom. The predicted molar refractivity (Wildman–Crippen MR) is 86.5 cm³/mol. The van der Waals surface area contributed by atoms with Crippen LogP contribution in [0.2, 0.25) is 15.2 Å². The van der Waals surface area contributed by atoms with Gasteiger partial charge < -0.3 is 13.6 Å². The van der Waals surface area contributed by atoms with Gasteiger partial charge in [-0.1, -0.05) is 34.8 Å². The molecule has 0 aliphatic rings. The highest BCUT2D eigenvalue weighted by Crippen LogP contribution is 2.49. The molecule has 114 valence electrons. The van der Waals surface area contributed by atoms with Gasteiger partial charge in [-0.15, -0.1) is 0 Å². The first-order valence-corrected chi connectivity index (χ1v) is 9.65. The Labute approximate surface area is 138 Å². The molecule has 4 nitrogen and oxygen atoms in total. The van der Waals surface area contributed by atoms with Crippen molar-refractivity contribution in [3.05, 3.63) is 27.0 Å². The number of rotatable bonds is 8. The van der Waals surface area contributed by atoms with Crippen LogP contribution in [0.5, 0.6) is 0 Å². The second-order valence-electron chi connectivity index (χ2n) is 3.56. The first-order valence-electron chi connectivity index (χ1n) is 5.96. The molecule has 0 fully saturated rings. The summed E-state index contributed by atoms with van der Waals surface area (Å²) in [5, 5.41) is 0.958. The Morgan fingerprint density at radius 3 is 2.25 bits per heavy atom. The van der Waals surface area contributed by atoms with Gasteiger partial charge in [0.05, 0.1) is 35.6 Å². The molecule has 0 unspecified atom stereocenters. The van der Waals surface area contributed by atoms with Crippen LogP contribution in [0.4, 0.5) is 0 Å². The van der Waals surface area contributed by atoms with Crippen LogP contribution < -0.4 is 0 Å². The molecule has 9 heteroatoms. The lowest BCUT2D eigenvalue weighted by Gasteiger charge is -2.20. The molecular formula is C11H15Cl3NO3PS. The Kier molecular flexibility index (Phi) is 8.24. The lowest BCUT2D eigenvalue weighted by Crippen LogP contribution is -2.04. The number of nitrogens with zero attached hydrogens (tertiary/aromatic N) is 1. The van der Waals surface area contributed by atoms with Gasteiger partial charge in [0.15, 0.2) is 0 Å². The van der Waals surface area contributed by atoms with Crippen LogP contribution in [0, 0.1) is 0 Å². The van der Waals surface area contributed by atoms with E-state index in [4.69, 9.17) is 60.2 Å². The second kappa shape index (κ2) is 8.86. The highest BCUT2D eigenvalue weighted by molar-refractivity contribution is 8.07. The molecule has 1 aromatic heterocycles. The zero-order chi connectivity index (χ0) is 15.2. The molecule has 0 saturated heterocycles. The molecular weight excluding hydrogens is 364 g/mol. The van der Waals surface area contributed by atoms with Crippen LogP contribution in [0.15, 0.2) is 6.07 Å². The second-order valence-corrected chi connectivity index (χ2v) is 7.74. The molecule has 0 radical (unpaired) electrons. The van der Waals surface area contributed by atoms with E-state index < -0.39 is 6.72 Å². The van der Waals surface area contributed by atoms with E-state index in [-0.39, 0.29) is 11.8 Å². The van der Waals surface area contributed by atoms with Gasteiger partial charge >= 0.3 is 6.72 Å². The van der Waals surface area contributed by atoms with Crippen LogP contribution in [0.1, 0.15) is 19.5 Å². The topological polar surface area (TPSA) is 40.6 Å². The highest BCUT2D eigenvalue weighted by Gasteiger charge is 2.19. The van der Waals surface area contributed by atoms with E-state index in [1.807, 2.05) is 13.8 Å². The molecule has 0 N–H and O–H groups in total. The molecule has 0 aromatic carbocycles. The van der Waals surface area contributed by atoms with Crippen molar-refractivity contribution >= 4 is 53.3 Å². The minimum absolute atomic E-state index is 0.208. The molecule has 0 aliphatic heterocycles. The van der Waals surface area contributed by atoms with Gasteiger partial charge in [-0.3, -0.25) is 0 Å². The zero-order valence-electron chi connectivity index (χ0n) is 11.1. The maximum absolute atomic E-state index is 6.03. The van der Waals surface area contributed by atoms with E-state index in [1.165, 1.54) is 0 Å². The third kappa shape index (κ3) is 5.74. The molecule has 1 rings (SSSR count). The Bertz CT molecular complexity index is 494. The fourth-order valence-electron chi connectivity index (χ4n) is 1.34. The van der Waals surface area contributed by atoms with Crippen molar-refractivity contribution < 1.29 is 13.6 Å². The largest absolute Gasteiger partial charge is 0.327 e.